The number of nitrogens with zero attached hydrogens (tertiary/aromatic N) is 2. The number of benzene rings is 2. The van der Waals surface area contributed by atoms with Gasteiger partial charge in [0.1, 0.15) is 11.5 Å². The normalized spacial score (nSPS) is 12.6. The highest BCUT2D eigenvalue weighted by Crippen LogP contribution is 2.29. The summed E-state index contributed by atoms with van der Waals surface area (Å²) in [4.78, 5) is 27.3. The van der Waals surface area contributed by atoms with Crippen LogP contribution in [0.25, 0.3) is 0 Å². The summed E-state index contributed by atoms with van der Waals surface area (Å²) in [6, 6.07) is 16.4. The fourth-order valence-electron chi connectivity index (χ4n) is 3.64. The van der Waals surface area contributed by atoms with Crippen LogP contribution in [-0.4, -0.2) is 31.2 Å². The lowest BCUT2D eigenvalue weighted by Gasteiger charge is -2.18. The minimum absolute atomic E-state index is 0.105. The molecule has 0 aliphatic carbocycles. The Balaban J connectivity index is 1.64. The average Bonchev–Trinajstić information content (AvgIpc) is 3.18. The Morgan fingerprint density at radius 1 is 1.00 bits per heavy atom. The van der Waals surface area contributed by atoms with E-state index in [1.807, 2.05) is 36.4 Å². The summed E-state index contributed by atoms with van der Waals surface area (Å²) < 4.78 is 12.1. The number of pyridine rings is 1. The summed E-state index contributed by atoms with van der Waals surface area (Å²) in [5.41, 5.74) is 3.26. The molecule has 2 aromatic carbocycles. The molecular weight excluding hydrogens is 368 g/mol. The van der Waals surface area contributed by atoms with E-state index < -0.39 is 0 Å². The van der Waals surface area contributed by atoms with Crippen molar-refractivity contribution in [2.24, 2.45) is 0 Å². The first-order chi connectivity index (χ1) is 14.1. The third kappa shape index (κ3) is 3.74. The van der Waals surface area contributed by atoms with Crippen molar-refractivity contribution in [3.63, 3.8) is 0 Å². The van der Waals surface area contributed by atoms with Crippen LogP contribution in [0.3, 0.4) is 0 Å². The Morgan fingerprint density at radius 2 is 1.72 bits per heavy atom. The fraction of sp³-hybridized carbons (Fsp3) is 0.217. The van der Waals surface area contributed by atoms with Gasteiger partial charge in [-0.15, -0.1) is 0 Å². The van der Waals surface area contributed by atoms with Gasteiger partial charge in [-0.25, -0.2) is 0 Å². The van der Waals surface area contributed by atoms with E-state index in [4.69, 9.17) is 9.47 Å². The number of hydrogen-bond acceptors (Lipinski definition) is 4. The van der Waals surface area contributed by atoms with E-state index in [0.29, 0.717) is 30.2 Å². The summed E-state index contributed by atoms with van der Waals surface area (Å²) >= 11 is 0. The molecule has 1 aliphatic rings. The van der Waals surface area contributed by atoms with Gasteiger partial charge in [0.25, 0.3) is 11.5 Å². The molecule has 0 radical (unpaired) electrons. The van der Waals surface area contributed by atoms with Crippen LogP contribution in [0.4, 0.5) is 5.69 Å². The summed E-state index contributed by atoms with van der Waals surface area (Å²) in [6.45, 7) is 0.953. The zero-order valence-corrected chi connectivity index (χ0v) is 16.4. The van der Waals surface area contributed by atoms with Crippen LogP contribution in [0.2, 0.25) is 0 Å². The zero-order chi connectivity index (χ0) is 20.4. The van der Waals surface area contributed by atoms with Crippen LogP contribution in [0.1, 0.15) is 21.5 Å². The number of para-hydroxylation sites is 1. The van der Waals surface area contributed by atoms with Crippen LogP contribution in [0.15, 0.2) is 65.6 Å². The Labute approximate surface area is 168 Å². The van der Waals surface area contributed by atoms with E-state index in [9.17, 15) is 9.59 Å². The van der Waals surface area contributed by atoms with Crippen LogP contribution >= 0.6 is 0 Å². The monoisotopic (exact) mass is 390 g/mol. The highest BCUT2D eigenvalue weighted by atomic mass is 16.5. The molecule has 0 saturated carbocycles. The minimum Gasteiger partial charge on any atom is -0.497 e. The molecule has 0 fully saturated rings. The third-order valence-electron chi connectivity index (χ3n) is 5.13. The highest BCUT2D eigenvalue weighted by molar-refractivity contribution is 6.07. The van der Waals surface area contributed by atoms with Crippen LogP contribution in [-0.2, 0) is 13.0 Å². The number of methoxy groups -OCH3 is 2. The van der Waals surface area contributed by atoms with Crippen LogP contribution in [0, 0.1) is 0 Å². The van der Waals surface area contributed by atoms with Crippen molar-refractivity contribution in [3.05, 3.63) is 87.8 Å². The van der Waals surface area contributed by atoms with Crippen molar-refractivity contribution in [1.82, 2.24) is 4.57 Å². The lowest BCUT2D eigenvalue weighted by molar-refractivity contribution is 0.0988. The Kier molecular flexibility index (Phi) is 5.08. The van der Waals surface area contributed by atoms with Crippen molar-refractivity contribution in [2.45, 2.75) is 13.0 Å². The van der Waals surface area contributed by atoms with Gasteiger partial charge in [-0.1, -0.05) is 18.2 Å². The number of carbonyl (C=O) groups excluding carboxylic acids is 1. The van der Waals surface area contributed by atoms with Crippen LogP contribution in [0.5, 0.6) is 11.5 Å². The van der Waals surface area contributed by atoms with E-state index in [2.05, 4.69) is 0 Å². The van der Waals surface area contributed by atoms with Gasteiger partial charge in [0.2, 0.25) is 0 Å². The van der Waals surface area contributed by atoms with Gasteiger partial charge in [0.15, 0.2) is 0 Å². The Hall–Kier alpha value is -3.54. The summed E-state index contributed by atoms with van der Waals surface area (Å²) in [5, 5.41) is 0. The molecule has 1 aliphatic heterocycles. The predicted molar refractivity (Wildman–Crippen MR) is 111 cm³/mol. The van der Waals surface area contributed by atoms with Gasteiger partial charge >= 0.3 is 0 Å². The van der Waals surface area contributed by atoms with Gasteiger partial charge in [0.05, 0.1) is 26.3 Å². The smallest absolute Gasteiger partial charge is 0.259 e. The number of ether oxygens (including phenoxy) is 2. The molecule has 3 aromatic rings. The maximum atomic E-state index is 13.1. The molecule has 4 rings (SSSR count). The maximum absolute atomic E-state index is 13.1. The Bertz CT molecular complexity index is 1100. The van der Waals surface area contributed by atoms with Gasteiger partial charge in [0, 0.05) is 30.6 Å². The van der Waals surface area contributed by atoms with Gasteiger partial charge in [-0.2, -0.15) is 0 Å². The first-order valence-electron chi connectivity index (χ1n) is 9.41. The average molecular weight is 390 g/mol. The number of hydrogen-bond donors (Lipinski definition) is 0. The first-order valence-corrected chi connectivity index (χ1v) is 9.41. The molecule has 1 amide bonds. The molecule has 0 atom stereocenters. The second-order valence-electron chi connectivity index (χ2n) is 6.94. The van der Waals surface area contributed by atoms with Crippen molar-refractivity contribution in [3.8, 4) is 11.5 Å². The molecule has 6 heteroatoms. The maximum Gasteiger partial charge on any atom is 0.259 e. The highest BCUT2D eigenvalue weighted by Gasteiger charge is 2.25. The van der Waals surface area contributed by atoms with Crippen molar-refractivity contribution in [2.75, 3.05) is 25.7 Å². The number of anilines is 1. The van der Waals surface area contributed by atoms with Gasteiger partial charge in [-0.05, 0) is 41.8 Å². The molecule has 2 heterocycles. The molecule has 0 bridgehead atoms. The topological polar surface area (TPSA) is 60.8 Å². The fourth-order valence-corrected chi connectivity index (χ4v) is 3.64. The van der Waals surface area contributed by atoms with E-state index in [0.717, 1.165) is 23.2 Å². The number of rotatable bonds is 5. The molecule has 0 unspecified atom stereocenters. The number of aromatic nitrogens is 1. The molecule has 0 N–H and O–H groups in total. The molecule has 29 heavy (non-hydrogen) atoms. The predicted octanol–water partition coefficient (Wildman–Crippen LogP) is 3.12. The number of carbonyl (C=O) groups is 1. The second kappa shape index (κ2) is 7.83. The van der Waals surface area contributed by atoms with Gasteiger partial charge < -0.3 is 18.9 Å². The summed E-state index contributed by atoms with van der Waals surface area (Å²) in [5.74, 6) is 1.19. The van der Waals surface area contributed by atoms with Crippen molar-refractivity contribution < 1.29 is 14.3 Å². The lowest BCUT2D eigenvalue weighted by Crippen LogP contribution is -2.30. The third-order valence-corrected chi connectivity index (χ3v) is 5.13. The van der Waals surface area contributed by atoms with E-state index in [-0.39, 0.29) is 11.5 Å². The lowest BCUT2D eigenvalue weighted by atomic mass is 10.1. The first kappa shape index (κ1) is 18.8. The van der Waals surface area contributed by atoms with E-state index in [1.165, 1.54) is 10.6 Å². The quantitative estimate of drug-likeness (QED) is 0.672. The molecule has 1 aromatic heterocycles. The minimum atomic E-state index is -0.176. The number of amides is 1. The summed E-state index contributed by atoms with van der Waals surface area (Å²) in [6.07, 6.45) is 2.46. The molecule has 6 nitrogen and oxygen atoms in total. The van der Waals surface area contributed by atoms with E-state index >= 15 is 0 Å². The van der Waals surface area contributed by atoms with Crippen molar-refractivity contribution in [1.29, 1.82) is 0 Å². The van der Waals surface area contributed by atoms with Crippen LogP contribution < -0.4 is 19.9 Å². The SMILES string of the molecule is COc1cc(Cn2cc(C(=O)N3CCc4ccccc43)ccc2=O)cc(OC)c1. The summed E-state index contributed by atoms with van der Waals surface area (Å²) in [7, 11) is 3.16. The van der Waals surface area contributed by atoms with Gasteiger partial charge in [-0.3, -0.25) is 9.59 Å². The second-order valence-corrected chi connectivity index (χ2v) is 6.94. The molecule has 0 saturated heterocycles. The zero-order valence-electron chi connectivity index (χ0n) is 16.4. The Morgan fingerprint density at radius 3 is 2.45 bits per heavy atom. The van der Waals surface area contributed by atoms with E-state index in [1.54, 1.807) is 37.4 Å². The standard InChI is InChI=1S/C23H22N2O4/c1-28-19-11-16(12-20(13-19)29-2)14-24-15-18(7-8-22(24)26)23(27)25-10-9-17-5-3-4-6-21(17)25/h3-8,11-13,15H,9-10,14H2,1-2H3. The molecule has 0 spiro atoms. The molecule has 148 valence electrons. The molecular formula is C23H22N2O4. The van der Waals surface area contributed by atoms with Crippen molar-refractivity contribution >= 4 is 11.6 Å². The number of fused-ring (bicyclic) bond motifs is 1. The largest absolute Gasteiger partial charge is 0.497 e.